The molecule has 0 radical (unpaired) electrons. The molecule has 2 heterocycles. The number of rotatable bonds is 5. The first-order valence-corrected chi connectivity index (χ1v) is 8.40. The van der Waals surface area contributed by atoms with Crippen LogP contribution in [-0.4, -0.2) is 42.5 Å². The zero-order valence-corrected chi connectivity index (χ0v) is 14.1. The summed E-state index contributed by atoms with van der Waals surface area (Å²) in [6, 6.07) is 4.68. The van der Waals surface area contributed by atoms with Crippen molar-refractivity contribution in [3.63, 3.8) is 0 Å². The van der Waals surface area contributed by atoms with Gasteiger partial charge in [-0.25, -0.2) is 0 Å². The number of benzene rings is 1. The van der Waals surface area contributed by atoms with Crippen molar-refractivity contribution in [3.8, 4) is 0 Å². The molecular weight excluding hydrogens is 326 g/mol. The monoisotopic (exact) mass is 347 g/mol. The van der Waals surface area contributed by atoms with Crippen molar-refractivity contribution in [1.29, 1.82) is 0 Å². The minimum atomic E-state index is -0.467. The number of nitro benzene ring substituents is 1. The first-order valence-electron chi connectivity index (χ1n) is 8.40. The third-order valence-electron chi connectivity index (χ3n) is 4.72. The Hall–Kier alpha value is -2.48. The SMILES string of the molecule is Cc1ccc(N2C[C@@H](C(=O)NC[C@H]3CCCO3)CC2=O)cc1[N+](=O)[O-]. The van der Waals surface area contributed by atoms with E-state index in [-0.39, 0.29) is 36.6 Å². The number of nitrogens with one attached hydrogen (secondary N) is 1. The van der Waals surface area contributed by atoms with Crippen LogP contribution in [0.1, 0.15) is 24.8 Å². The molecule has 0 unspecified atom stereocenters. The van der Waals surface area contributed by atoms with Crippen molar-refractivity contribution >= 4 is 23.2 Å². The van der Waals surface area contributed by atoms with E-state index in [4.69, 9.17) is 4.74 Å². The Bertz CT molecular complexity index is 700. The number of amides is 2. The molecule has 0 saturated carbocycles. The van der Waals surface area contributed by atoms with E-state index >= 15 is 0 Å². The normalized spacial score (nSPS) is 23.1. The van der Waals surface area contributed by atoms with Crippen LogP contribution in [0.2, 0.25) is 0 Å². The summed E-state index contributed by atoms with van der Waals surface area (Å²) in [4.78, 5) is 36.6. The van der Waals surface area contributed by atoms with Crippen molar-refractivity contribution in [3.05, 3.63) is 33.9 Å². The first kappa shape index (κ1) is 17.3. The minimum absolute atomic E-state index is 0.0309. The topological polar surface area (TPSA) is 102 Å². The van der Waals surface area contributed by atoms with Crippen LogP contribution < -0.4 is 10.2 Å². The molecule has 2 amide bonds. The van der Waals surface area contributed by atoms with Gasteiger partial charge in [-0.1, -0.05) is 6.07 Å². The zero-order valence-electron chi connectivity index (χ0n) is 14.1. The second kappa shape index (κ2) is 7.18. The van der Waals surface area contributed by atoms with Gasteiger partial charge in [0.2, 0.25) is 11.8 Å². The lowest BCUT2D eigenvalue weighted by molar-refractivity contribution is -0.385. The molecule has 3 rings (SSSR count). The Balaban J connectivity index is 1.64. The summed E-state index contributed by atoms with van der Waals surface area (Å²) < 4.78 is 5.47. The van der Waals surface area contributed by atoms with Gasteiger partial charge >= 0.3 is 0 Å². The Morgan fingerprint density at radius 3 is 2.96 bits per heavy atom. The molecule has 8 heteroatoms. The zero-order chi connectivity index (χ0) is 18.0. The average molecular weight is 347 g/mol. The van der Waals surface area contributed by atoms with Gasteiger partial charge < -0.3 is 15.0 Å². The number of hydrogen-bond donors (Lipinski definition) is 1. The van der Waals surface area contributed by atoms with Gasteiger partial charge in [0.15, 0.2) is 0 Å². The Morgan fingerprint density at radius 2 is 2.28 bits per heavy atom. The van der Waals surface area contributed by atoms with Crippen LogP contribution in [0.4, 0.5) is 11.4 Å². The van der Waals surface area contributed by atoms with Crippen molar-refractivity contribution in [1.82, 2.24) is 5.32 Å². The van der Waals surface area contributed by atoms with E-state index in [1.54, 1.807) is 19.1 Å². The molecule has 2 aliphatic heterocycles. The van der Waals surface area contributed by atoms with Gasteiger partial charge in [0.05, 0.1) is 22.6 Å². The van der Waals surface area contributed by atoms with Gasteiger partial charge in [0, 0.05) is 37.7 Å². The van der Waals surface area contributed by atoms with Gasteiger partial charge in [0.25, 0.3) is 5.69 Å². The number of carbonyl (C=O) groups excluding carboxylic acids is 2. The summed E-state index contributed by atoms with van der Waals surface area (Å²) in [5.41, 5.74) is 0.958. The Labute approximate surface area is 145 Å². The van der Waals surface area contributed by atoms with Gasteiger partial charge in [-0.05, 0) is 25.8 Å². The number of nitrogens with zero attached hydrogens (tertiary/aromatic N) is 2. The largest absolute Gasteiger partial charge is 0.376 e. The Morgan fingerprint density at radius 1 is 1.48 bits per heavy atom. The molecule has 1 aromatic rings. The molecule has 0 aliphatic carbocycles. The third kappa shape index (κ3) is 3.79. The van der Waals surface area contributed by atoms with Crippen molar-refractivity contribution in [2.24, 2.45) is 5.92 Å². The standard InChI is InChI=1S/C17H21N3O5/c1-11-4-5-13(8-15(11)20(23)24)19-10-12(7-16(19)21)17(22)18-9-14-3-2-6-25-14/h4-5,8,12,14H,2-3,6-7,9-10H2,1H3,(H,18,22)/t12-,14+/m0/s1. The highest BCUT2D eigenvalue weighted by atomic mass is 16.6. The molecule has 8 nitrogen and oxygen atoms in total. The highest BCUT2D eigenvalue weighted by Crippen LogP contribution is 2.30. The van der Waals surface area contributed by atoms with Crippen LogP contribution >= 0.6 is 0 Å². The summed E-state index contributed by atoms with van der Waals surface area (Å²) >= 11 is 0. The number of ether oxygens (including phenoxy) is 1. The summed E-state index contributed by atoms with van der Waals surface area (Å²) in [5, 5.41) is 13.9. The highest BCUT2D eigenvalue weighted by molar-refractivity contribution is 6.00. The van der Waals surface area contributed by atoms with Gasteiger partial charge in [-0.2, -0.15) is 0 Å². The number of nitro groups is 1. The highest BCUT2D eigenvalue weighted by Gasteiger charge is 2.36. The second-order valence-corrected chi connectivity index (χ2v) is 6.51. The van der Waals surface area contributed by atoms with Crippen LogP contribution in [0.5, 0.6) is 0 Å². The first-order chi connectivity index (χ1) is 12.0. The third-order valence-corrected chi connectivity index (χ3v) is 4.72. The molecule has 2 saturated heterocycles. The van der Waals surface area contributed by atoms with Crippen molar-refractivity contribution in [2.75, 3.05) is 24.6 Å². The molecule has 2 fully saturated rings. The molecule has 1 N–H and O–H groups in total. The fourth-order valence-corrected chi connectivity index (χ4v) is 3.26. The van der Waals surface area contributed by atoms with E-state index in [1.807, 2.05) is 0 Å². The number of carbonyl (C=O) groups is 2. The minimum Gasteiger partial charge on any atom is -0.376 e. The van der Waals surface area contributed by atoms with Crippen molar-refractivity contribution in [2.45, 2.75) is 32.3 Å². The lowest BCUT2D eigenvalue weighted by Crippen LogP contribution is -2.37. The number of anilines is 1. The fourth-order valence-electron chi connectivity index (χ4n) is 3.26. The summed E-state index contributed by atoms with van der Waals surface area (Å²) in [7, 11) is 0. The lowest BCUT2D eigenvalue weighted by Gasteiger charge is -2.17. The van der Waals surface area contributed by atoms with E-state index in [0.717, 1.165) is 19.4 Å². The van der Waals surface area contributed by atoms with Gasteiger partial charge in [0.1, 0.15) is 0 Å². The summed E-state index contributed by atoms with van der Waals surface area (Å²) in [6.07, 6.45) is 2.10. The summed E-state index contributed by atoms with van der Waals surface area (Å²) in [5.74, 6) is -0.822. The molecule has 0 bridgehead atoms. The van der Waals surface area contributed by atoms with Crippen LogP contribution in [0.3, 0.4) is 0 Å². The van der Waals surface area contributed by atoms with E-state index in [2.05, 4.69) is 5.32 Å². The number of hydrogen-bond acceptors (Lipinski definition) is 5. The van der Waals surface area contributed by atoms with Crippen LogP contribution in [0.25, 0.3) is 0 Å². The second-order valence-electron chi connectivity index (χ2n) is 6.51. The molecule has 0 aromatic heterocycles. The van der Waals surface area contributed by atoms with Gasteiger partial charge in [-0.3, -0.25) is 19.7 Å². The van der Waals surface area contributed by atoms with E-state index in [1.165, 1.54) is 11.0 Å². The van der Waals surface area contributed by atoms with E-state index in [0.29, 0.717) is 17.8 Å². The average Bonchev–Trinajstić information content (AvgIpc) is 3.22. The van der Waals surface area contributed by atoms with Gasteiger partial charge in [-0.15, -0.1) is 0 Å². The Kier molecular flexibility index (Phi) is 4.98. The molecule has 25 heavy (non-hydrogen) atoms. The lowest BCUT2D eigenvalue weighted by atomic mass is 10.1. The maximum atomic E-state index is 12.3. The number of aryl methyl sites for hydroxylation is 1. The smallest absolute Gasteiger partial charge is 0.274 e. The molecule has 134 valence electrons. The predicted octanol–water partition coefficient (Wildman–Crippen LogP) is 1.55. The van der Waals surface area contributed by atoms with E-state index in [9.17, 15) is 19.7 Å². The van der Waals surface area contributed by atoms with Crippen LogP contribution in [0.15, 0.2) is 18.2 Å². The summed E-state index contributed by atoms with van der Waals surface area (Å²) in [6.45, 7) is 3.06. The molecule has 1 aromatic carbocycles. The van der Waals surface area contributed by atoms with E-state index < -0.39 is 10.8 Å². The molecular formula is C17H21N3O5. The quantitative estimate of drug-likeness (QED) is 0.643. The maximum Gasteiger partial charge on any atom is 0.274 e. The predicted molar refractivity (Wildman–Crippen MR) is 90.3 cm³/mol. The molecule has 2 atom stereocenters. The molecule has 2 aliphatic rings. The molecule has 0 spiro atoms. The fraction of sp³-hybridized carbons (Fsp3) is 0.529. The van der Waals surface area contributed by atoms with Crippen molar-refractivity contribution < 1.29 is 19.2 Å². The van der Waals surface area contributed by atoms with Crippen LogP contribution in [0, 0.1) is 23.0 Å². The van der Waals surface area contributed by atoms with Crippen LogP contribution in [-0.2, 0) is 14.3 Å². The maximum absolute atomic E-state index is 12.3.